The van der Waals surface area contributed by atoms with E-state index in [-0.39, 0.29) is 11.9 Å². The molecule has 1 aliphatic carbocycles. The zero-order valence-electron chi connectivity index (χ0n) is 12.2. The van der Waals surface area contributed by atoms with Crippen LogP contribution < -0.4 is 11.1 Å². The minimum absolute atomic E-state index is 0.0538. The Morgan fingerprint density at radius 2 is 2.21 bits per heavy atom. The van der Waals surface area contributed by atoms with Gasteiger partial charge in [0.15, 0.2) is 0 Å². The Balaban J connectivity index is 2.12. The molecule has 0 saturated heterocycles. The van der Waals surface area contributed by atoms with E-state index in [4.69, 9.17) is 5.73 Å². The van der Waals surface area contributed by atoms with Gasteiger partial charge in [-0.3, -0.25) is 4.79 Å². The molecule has 3 N–H and O–H groups in total. The predicted octanol–water partition coefficient (Wildman–Crippen LogP) is 1.98. The fraction of sp³-hybridized carbons (Fsp3) is 0.667. The van der Waals surface area contributed by atoms with Crippen LogP contribution in [0.25, 0.3) is 0 Å². The van der Waals surface area contributed by atoms with Crippen molar-refractivity contribution in [2.75, 3.05) is 6.54 Å². The SMILES string of the molecule is CCn1c(C)cc(C(=O)NC2CCCC2CN)c1C. The van der Waals surface area contributed by atoms with E-state index in [9.17, 15) is 4.79 Å². The monoisotopic (exact) mass is 263 g/mol. The summed E-state index contributed by atoms with van der Waals surface area (Å²) in [5, 5.41) is 3.17. The number of carbonyl (C=O) groups is 1. The molecular weight excluding hydrogens is 238 g/mol. The number of nitrogens with one attached hydrogen (secondary N) is 1. The first-order valence-corrected chi connectivity index (χ1v) is 7.26. The topological polar surface area (TPSA) is 60.0 Å². The van der Waals surface area contributed by atoms with Crippen molar-refractivity contribution in [2.24, 2.45) is 11.7 Å². The fourth-order valence-corrected chi connectivity index (χ4v) is 3.27. The molecule has 4 nitrogen and oxygen atoms in total. The molecule has 1 aromatic heterocycles. The number of nitrogens with zero attached hydrogens (tertiary/aromatic N) is 1. The van der Waals surface area contributed by atoms with E-state index in [1.54, 1.807) is 0 Å². The van der Waals surface area contributed by atoms with Crippen LogP contribution in [0.4, 0.5) is 0 Å². The fourth-order valence-electron chi connectivity index (χ4n) is 3.27. The Morgan fingerprint density at radius 1 is 1.47 bits per heavy atom. The van der Waals surface area contributed by atoms with E-state index in [1.807, 2.05) is 19.9 Å². The number of nitrogens with two attached hydrogens (primary N) is 1. The van der Waals surface area contributed by atoms with Crippen molar-refractivity contribution in [3.63, 3.8) is 0 Å². The maximum atomic E-state index is 12.4. The smallest absolute Gasteiger partial charge is 0.253 e. The first kappa shape index (κ1) is 14.1. The lowest BCUT2D eigenvalue weighted by Gasteiger charge is -2.19. The van der Waals surface area contributed by atoms with Crippen molar-refractivity contribution in [3.8, 4) is 0 Å². The van der Waals surface area contributed by atoms with Gasteiger partial charge in [-0.1, -0.05) is 6.42 Å². The summed E-state index contributed by atoms with van der Waals surface area (Å²) in [6.45, 7) is 7.73. The van der Waals surface area contributed by atoms with Crippen molar-refractivity contribution < 1.29 is 4.79 Å². The third-order valence-corrected chi connectivity index (χ3v) is 4.41. The van der Waals surface area contributed by atoms with Crippen LogP contribution in [-0.4, -0.2) is 23.1 Å². The van der Waals surface area contributed by atoms with Crippen molar-refractivity contribution in [1.29, 1.82) is 0 Å². The maximum Gasteiger partial charge on any atom is 0.253 e. The minimum Gasteiger partial charge on any atom is -0.349 e. The standard InChI is InChI=1S/C15H25N3O/c1-4-18-10(2)8-13(11(18)3)15(19)17-14-7-5-6-12(14)9-16/h8,12,14H,4-7,9,16H2,1-3H3,(H,17,19). The van der Waals surface area contributed by atoms with Crippen LogP contribution in [-0.2, 0) is 6.54 Å². The molecule has 1 aromatic rings. The average Bonchev–Trinajstić information content (AvgIpc) is 2.94. The second-order valence-electron chi connectivity index (χ2n) is 5.54. The van der Waals surface area contributed by atoms with Crippen LogP contribution >= 0.6 is 0 Å². The first-order valence-electron chi connectivity index (χ1n) is 7.26. The zero-order chi connectivity index (χ0) is 14.0. The van der Waals surface area contributed by atoms with Crippen molar-refractivity contribution in [1.82, 2.24) is 9.88 Å². The van der Waals surface area contributed by atoms with Crippen molar-refractivity contribution in [3.05, 3.63) is 23.0 Å². The number of hydrogen-bond acceptors (Lipinski definition) is 2. The molecule has 1 fully saturated rings. The molecule has 0 spiro atoms. The van der Waals surface area contributed by atoms with E-state index in [0.29, 0.717) is 12.5 Å². The lowest BCUT2D eigenvalue weighted by molar-refractivity contribution is 0.0928. The van der Waals surface area contributed by atoms with Crippen molar-refractivity contribution in [2.45, 2.75) is 52.6 Å². The summed E-state index contributed by atoms with van der Waals surface area (Å²) in [5.41, 5.74) is 8.77. The second-order valence-corrected chi connectivity index (χ2v) is 5.54. The van der Waals surface area contributed by atoms with Gasteiger partial charge in [0.2, 0.25) is 0 Å². The van der Waals surface area contributed by atoms with Gasteiger partial charge in [-0.25, -0.2) is 0 Å². The summed E-state index contributed by atoms with van der Waals surface area (Å²) < 4.78 is 2.17. The lowest BCUT2D eigenvalue weighted by atomic mass is 10.0. The van der Waals surface area contributed by atoms with E-state index < -0.39 is 0 Å². The molecule has 0 bridgehead atoms. The number of rotatable bonds is 4. The van der Waals surface area contributed by atoms with E-state index in [2.05, 4.69) is 16.8 Å². The molecule has 2 unspecified atom stereocenters. The summed E-state index contributed by atoms with van der Waals surface area (Å²) in [6.07, 6.45) is 3.36. The lowest BCUT2D eigenvalue weighted by Crippen LogP contribution is -2.40. The second kappa shape index (κ2) is 5.78. The maximum absolute atomic E-state index is 12.4. The third kappa shape index (κ3) is 2.68. The molecule has 2 atom stereocenters. The molecule has 1 heterocycles. The van der Waals surface area contributed by atoms with Gasteiger partial charge >= 0.3 is 0 Å². The Labute approximate surface area is 115 Å². The van der Waals surface area contributed by atoms with E-state index >= 15 is 0 Å². The van der Waals surface area contributed by atoms with Gasteiger partial charge in [0.25, 0.3) is 5.91 Å². The largest absolute Gasteiger partial charge is 0.349 e. The van der Waals surface area contributed by atoms with Gasteiger partial charge in [-0.2, -0.15) is 0 Å². The Bertz CT molecular complexity index is 464. The van der Waals surface area contributed by atoms with Crippen molar-refractivity contribution >= 4 is 5.91 Å². The van der Waals surface area contributed by atoms with Gasteiger partial charge in [0.05, 0.1) is 5.56 Å². The van der Waals surface area contributed by atoms with Gasteiger partial charge in [-0.05, 0) is 52.1 Å². The van der Waals surface area contributed by atoms with Crippen LogP contribution in [0.1, 0.15) is 47.9 Å². The van der Waals surface area contributed by atoms with Gasteiger partial charge < -0.3 is 15.6 Å². The summed E-state index contributed by atoms with van der Waals surface area (Å²) in [5.74, 6) is 0.497. The highest BCUT2D eigenvalue weighted by Gasteiger charge is 2.28. The Kier molecular flexibility index (Phi) is 4.30. The highest BCUT2D eigenvalue weighted by Crippen LogP contribution is 2.25. The highest BCUT2D eigenvalue weighted by molar-refractivity contribution is 5.95. The number of amides is 1. The van der Waals surface area contributed by atoms with Gasteiger partial charge in [0.1, 0.15) is 0 Å². The first-order chi connectivity index (χ1) is 9.08. The molecular formula is C15H25N3O. The van der Waals surface area contributed by atoms with Crippen LogP contribution in [0.3, 0.4) is 0 Å². The normalized spacial score (nSPS) is 22.7. The average molecular weight is 263 g/mol. The molecule has 106 valence electrons. The van der Waals surface area contributed by atoms with Gasteiger partial charge in [0, 0.05) is 24.0 Å². The molecule has 19 heavy (non-hydrogen) atoms. The van der Waals surface area contributed by atoms with Crippen LogP contribution in [0, 0.1) is 19.8 Å². The molecule has 2 rings (SSSR count). The molecule has 1 aliphatic rings. The molecule has 4 heteroatoms. The number of hydrogen-bond donors (Lipinski definition) is 2. The zero-order valence-corrected chi connectivity index (χ0v) is 12.2. The predicted molar refractivity (Wildman–Crippen MR) is 77.2 cm³/mol. The number of carbonyl (C=O) groups excluding carboxylic acids is 1. The molecule has 0 aliphatic heterocycles. The van der Waals surface area contributed by atoms with E-state index in [0.717, 1.165) is 36.3 Å². The Hall–Kier alpha value is -1.29. The minimum atomic E-state index is 0.0538. The molecule has 0 aromatic carbocycles. The number of aryl methyl sites for hydroxylation is 1. The summed E-state index contributed by atoms with van der Waals surface area (Å²) in [6, 6.07) is 2.24. The molecule has 1 amide bonds. The molecule has 1 saturated carbocycles. The van der Waals surface area contributed by atoms with E-state index in [1.165, 1.54) is 6.42 Å². The van der Waals surface area contributed by atoms with Crippen LogP contribution in [0.5, 0.6) is 0 Å². The summed E-state index contributed by atoms with van der Waals surface area (Å²) in [7, 11) is 0. The van der Waals surface area contributed by atoms with Crippen LogP contribution in [0.2, 0.25) is 0 Å². The quantitative estimate of drug-likeness (QED) is 0.872. The van der Waals surface area contributed by atoms with Crippen LogP contribution in [0.15, 0.2) is 6.07 Å². The van der Waals surface area contributed by atoms with Gasteiger partial charge in [-0.15, -0.1) is 0 Å². The highest BCUT2D eigenvalue weighted by atomic mass is 16.1. The summed E-state index contributed by atoms with van der Waals surface area (Å²) >= 11 is 0. The summed E-state index contributed by atoms with van der Waals surface area (Å²) in [4.78, 5) is 12.4. The third-order valence-electron chi connectivity index (χ3n) is 4.41. The molecule has 0 radical (unpaired) electrons. The Morgan fingerprint density at radius 3 is 2.79 bits per heavy atom. The number of aromatic nitrogens is 1.